The average molecular weight is 416 g/mol. The summed E-state index contributed by atoms with van der Waals surface area (Å²) in [5, 5.41) is 27.0. The number of hydrogen-bond acceptors (Lipinski definition) is 6. The summed E-state index contributed by atoms with van der Waals surface area (Å²) >= 11 is 11.8. The summed E-state index contributed by atoms with van der Waals surface area (Å²) in [6, 6.07) is 0.872. The van der Waals surface area contributed by atoms with E-state index in [2.05, 4.69) is 0 Å². The molecule has 1 rings (SSSR count). The third-order valence-electron chi connectivity index (χ3n) is 3.12. The SMILES string of the molecule is N[C@H](CCP(=O)(O)C(O)c1cc(Cl)c(OCC(=O)O)c(Cl)c1)C(=O)O. The zero-order valence-electron chi connectivity index (χ0n) is 12.6. The Hall–Kier alpha value is -1.35. The van der Waals surface area contributed by atoms with Crippen molar-refractivity contribution in [2.75, 3.05) is 12.8 Å². The summed E-state index contributed by atoms with van der Waals surface area (Å²) < 4.78 is 17.1. The van der Waals surface area contributed by atoms with Crippen LogP contribution in [0.4, 0.5) is 0 Å². The van der Waals surface area contributed by atoms with Gasteiger partial charge in [-0.15, -0.1) is 0 Å². The Morgan fingerprint density at radius 2 is 1.76 bits per heavy atom. The maximum atomic E-state index is 12.2. The summed E-state index contributed by atoms with van der Waals surface area (Å²) in [5.74, 6) is -4.62. The van der Waals surface area contributed by atoms with E-state index in [9.17, 15) is 24.2 Å². The van der Waals surface area contributed by atoms with Crippen LogP contribution in [0.15, 0.2) is 12.1 Å². The molecule has 0 aliphatic rings. The zero-order valence-corrected chi connectivity index (χ0v) is 15.0. The van der Waals surface area contributed by atoms with Gasteiger partial charge in [-0.3, -0.25) is 9.36 Å². The molecule has 1 aromatic carbocycles. The number of aliphatic carboxylic acids is 2. The highest BCUT2D eigenvalue weighted by Crippen LogP contribution is 2.55. The lowest BCUT2D eigenvalue weighted by Crippen LogP contribution is -2.31. The van der Waals surface area contributed by atoms with Crippen molar-refractivity contribution in [3.8, 4) is 5.75 Å². The number of hydrogen-bond donors (Lipinski definition) is 5. The molecule has 0 saturated carbocycles. The van der Waals surface area contributed by atoms with Crippen molar-refractivity contribution >= 4 is 42.5 Å². The molecule has 0 saturated heterocycles. The molecule has 0 heterocycles. The van der Waals surface area contributed by atoms with E-state index in [1.165, 1.54) is 0 Å². The van der Waals surface area contributed by atoms with Crippen LogP contribution in [0.1, 0.15) is 17.8 Å². The van der Waals surface area contributed by atoms with E-state index < -0.39 is 44.0 Å². The molecule has 0 aromatic heterocycles. The van der Waals surface area contributed by atoms with Gasteiger partial charge < -0.3 is 30.7 Å². The molecule has 0 aliphatic carbocycles. The van der Waals surface area contributed by atoms with Gasteiger partial charge in [0.05, 0.1) is 10.0 Å². The Morgan fingerprint density at radius 1 is 1.24 bits per heavy atom. The third-order valence-corrected chi connectivity index (χ3v) is 5.64. The molecule has 6 N–H and O–H groups in total. The molecule has 140 valence electrons. The summed E-state index contributed by atoms with van der Waals surface area (Å²) in [5.41, 5.74) is 5.16. The number of halogens is 2. The zero-order chi connectivity index (χ0) is 19.4. The van der Waals surface area contributed by atoms with Gasteiger partial charge in [-0.2, -0.15) is 0 Å². The van der Waals surface area contributed by atoms with E-state index in [4.69, 9.17) is 43.9 Å². The minimum atomic E-state index is -4.22. The predicted octanol–water partition coefficient (Wildman–Crippen LogP) is 1.52. The number of benzene rings is 1. The van der Waals surface area contributed by atoms with E-state index in [0.29, 0.717) is 0 Å². The topological polar surface area (TPSA) is 167 Å². The van der Waals surface area contributed by atoms with Crippen molar-refractivity contribution in [2.45, 2.75) is 18.3 Å². The first-order valence-corrected chi connectivity index (χ1v) is 9.44. The fourth-order valence-electron chi connectivity index (χ4n) is 1.80. The van der Waals surface area contributed by atoms with Crippen LogP contribution in [-0.2, 0) is 14.2 Å². The maximum absolute atomic E-state index is 12.2. The van der Waals surface area contributed by atoms with Gasteiger partial charge in [0.15, 0.2) is 18.2 Å². The smallest absolute Gasteiger partial charge is 0.341 e. The van der Waals surface area contributed by atoms with Crippen LogP contribution >= 0.6 is 30.6 Å². The Morgan fingerprint density at radius 3 is 2.20 bits per heavy atom. The Kier molecular flexibility index (Phi) is 7.67. The molecule has 0 radical (unpaired) electrons. The second-order valence-corrected chi connectivity index (χ2v) is 8.34. The number of carboxylic acid groups (broad SMARTS) is 2. The molecule has 0 fully saturated rings. The predicted molar refractivity (Wildman–Crippen MR) is 89.5 cm³/mol. The average Bonchev–Trinajstić information content (AvgIpc) is 2.50. The monoisotopic (exact) mass is 415 g/mol. The van der Waals surface area contributed by atoms with Gasteiger partial charge in [-0.05, 0) is 24.1 Å². The lowest BCUT2D eigenvalue weighted by molar-refractivity contribution is -0.139. The Bertz CT molecular complexity index is 690. The van der Waals surface area contributed by atoms with Crippen molar-refractivity contribution in [2.24, 2.45) is 5.73 Å². The number of aliphatic hydroxyl groups is 1. The van der Waals surface area contributed by atoms with Gasteiger partial charge in [-0.25, -0.2) is 4.79 Å². The van der Waals surface area contributed by atoms with Gasteiger partial charge in [0.25, 0.3) is 0 Å². The number of nitrogens with two attached hydrogens (primary N) is 1. The van der Waals surface area contributed by atoms with Crippen LogP contribution in [0.25, 0.3) is 0 Å². The molecule has 9 nitrogen and oxygen atoms in total. The second kappa shape index (κ2) is 8.84. The molecule has 12 heteroatoms. The Labute approximate surface area is 152 Å². The largest absolute Gasteiger partial charge is 0.480 e. The number of carbonyl (C=O) groups is 2. The minimum absolute atomic E-state index is 0.104. The molecule has 0 aliphatic heterocycles. The number of aliphatic hydroxyl groups excluding tert-OH is 1. The number of rotatable bonds is 9. The summed E-state index contributed by atoms with van der Waals surface area (Å²) in [4.78, 5) is 31.1. The molecule has 0 bridgehead atoms. The lowest BCUT2D eigenvalue weighted by Gasteiger charge is -2.20. The summed E-state index contributed by atoms with van der Waals surface area (Å²) in [7, 11) is -4.22. The molecule has 3 atom stereocenters. The van der Waals surface area contributed by atoms with Crippen molar-refractivity contribution in [3.05, 3.63) is 27.7 Å². The molecule has 1 aromatic rings. The van der Waals surface area contributed by atoms with Crippen LogP contribution in [0.2, 0.25) is 10.0 Å². The van der Waals surface area contributed by atoms with Crippen molar-refractivity contribution in [1.82, 2.24) is 0 Å². The molecule has 2 unspecified atom stereocenters. The molecule has 0 spiro atoms. The normalized spacial score (nSPS) is 15.9. The van der Waals surface area contributed by atoms with Gasteiger partial charge in [-0.1, -0.05) is 23.2 Å². The molecular formula is C13H16Cl2NO8P. The van der Waals surface area contributed by atoms with E-state index in [0.717, 1.165) is 12.1 Å². The van der Waals surface area contributed by atoms with Crippen LogP contribution in [-0.4, -0.2) is 51.0 Å². The standard InChI is InChI=1S/C13H16Cl2NO8P/c14-7-3-6(4-8(15)11(7)24-5-10(17)18)13(21)25(22,23)2-1-9(16)12(19)20/h3-4,9,13,21H,1-2,5,16H2,(H,17,18)(H,19,20)(H,22,23)/t9-,13?/m1/s1. The van der Waals surface area contributed by atoms with E-state index in [-0.39, 0.29) is 27.8 Å². The van der Waals surface area contributed by atoms with E-state index in [1.807, 2.05) is 0 Å². The van der Waals surface area contributed by atoms with Crippen LogP contribution in [0, 0.1) is 0 Å². The minimum Gasteiger partial charge on any atom is -0.480 e. The molecule has 0 amide bonds. The van der Waals surface area contributed by atoms with Gasteiger partial charge >= 0.3 is 11.9 Å². The van der Waals surface area contributed by atoms with E-state index >= 15 is 0 Å². The van der Waals surface area contributed by atoms with E-state index in [1.54, 1.807) is 0 Å². The lowest BCUT2D eigenvalue weighted by atomic mass is 10.2. The highest BCUT2D eigenvalue weighted by molar-refractivity contribution is 7.58. The first-order chi connectivity index (χ1) is 11.5. The number of ether oxygens (including phenoxy) is 1. The van der Waals surface area contributed by atoms with Crippen LogP contribution in [0.5, 0.6) is 5.75 Å². The molecular weight excluding hydrogens is 400 g/mol. The van der Waals surface area contributed by atoms with Gasteiger partial charge in [0, 0.05) is 6.16 Å². The highest BCUT2D eigenvalue weighted by atomic mass is 35.5. The highest BCUT2D eigenvalue weighted by Gasteiger charge is 2.32. The Balaban J connectivity index is 2.97. The molecule has 25 heavy (non-hydrogen) atoms. The van der Waals surface area contributed by atoms with Crippen LogP contribution in [0.3, 0.4) is 0 Å². The third kappa shape index (κ3) is 6.14. The quantitative estimate of drug-likeness (QED) is 0.375. The van der Waals surface area contributed by atoms with Crippen LogP contribution < -0.4 is 10.5 Å². The summed E-state index contributed by atoms with van der Waals surface area (Å²) in [6.45, 7) is -0.701. The first-order valence-electron chi connectivity index (χ1n) is 6.77. The maximum Gasteiger partial charge on any atom is 0.341 e. The van der Waals surface area contributed by atoms with Crippen molar-refractivity contribution in [1.29, 1.82) is 0 Å². The second-order valence-electron chi connectivity index (χ2n) is 5.08. The van der Waals surface area contributed by atoms with Crippen molar-refractivity contribution in [3.63, 3.8) is 0 Å². The summed E-state index contributed by atoms with van der Waals surface area (Å²) in [6.07, 6.45) is -0.852. The van der Waals surface area contributed by atoms with Gasteiger partial charge in [0.2, 0.25) is 7.37 Å². The fraction of sp³-hybridized carbons (Fsp3) is 0.385. The van der Waals surface area contributed by atoms with Gasteiger partial charge in [0.1, 0.15) is 6.04 Å². The number of carboxylic acids is 2. The van der Waals surface area contributed by atoms with Crippen molar-refractivity contribution < 1.29 is 39.1 Å². The fourth-order valence-corrected chi connectivity index (χ4v) is 3.92. The first kappa shape index (κ1) is 21.7.